The number of hydrogen-bond donors (Lipinski definition) is 1. The Balaban J connectivity index is 3.52. The first-order chi connectivity index (χ1) is 6.49. The van der Waals surface area contributed by atoms with Crippen LogP contribution in [0.25, 0.3) is 0 Å². The fourth-order valence-electron chi connectivity index (χ4n) is 1.12. The van der Waals surface area contributed by atoms with Gasteiger partial charge in [0.1, 0.15) is 5.82 Å². The molecule has 0 fully saturated rings. The van der Waals surface area contributed by atoms with Gasteiger partial charge in [0, 0.05) is 0 Å². The number of phenolic OH excluding ortho intramolecular Hbond substituents is 1. The molecule has 0 atom stereocenters. The van der Waals surface area contributed by atoms with Gasteiger partial charge in [-0.3, -0.25) is 4.79 Å². The van der Waals surface area contributed by atoms with Crippen LogP contribution in [0.2, 0.25) is 0 Å². The fourth-order valence-corrected chi connectivity index (χ4v) is 1.67. The minimum absolute atomic E-state index is 0.0524. The number of phenols is 1. The van der Waals surface area contributed by atoms with Crippen molar-refractivity contribution in [2.24, 2.45) is 0 Å². The van der Waals surface area contributed by atoms with Crippen LogP contribution in [0, 0.1) is 5.82 Å². The Bertz CT molecular complexity index is 390. The van der Waals surface area contributed by atoms with Crippen molar-refractivity contribution in [2.75, 3.05) is 7.11 Å². The molecule has 0 aliphatic carbocycles. The van der Waals surface area contributed by atoms with Gasteiger partial charge in [0.05, 0.1) is 17.1 Å². The standard InChI is InChI=1S/C9H8BrFO3/c1-4(12)7-6(11)3-5(10)9(14-2)8(7)13/h3,13H,1-2H3. The van der Waals surface area contributed by atoms with E-state index < -0.39 is 17.3 Å². The van der Waals surface area contributed by atoms with Crippen molar-refractivity contribution >= 4 is 21.7 Å². The lowest BCUT2D eigenvalue weighted by molar-refractivity contribution is 0.101. The van der Waals surface area contributed by atoms with Crippen LogP contribution in [0.5, 0.6) is 11.5 Å². The van der Waals surface area contributed by atoms with Gasteiger partial charge in [-0.2, -0.15) is 0 Å². The fraction of sp³-hybridized carbons (Fsp3) is 0.222. The zero-order chi connectivity index (χ0) is 10.9. The molecule has 0 bridgehead atoms. The lowest BCUT2D eigenvalue weighted by Gasteiger charge is -2.09. The zero-order valence-corrected chi connectivity index (χ0v) is 9.18. The second kappa shape index (κ2) is 3.96. The third-order valence-electron chi connectivity index (χ3n) is 1.72. The molecule has 76 valence electrons. The lowest BCUT2D eigenvalue weighted by atomic mass is 10.1. The van der Waals surface area contributed by atoms with Gasteiger partial charge in [-0.15, -0.1) is 0 Å². The Kier molecular flexibility index (Phi) is 3.10. The summed E-state index contributed by atoms with van der Waals surface area (Å²) < 4.78 is 18.3. The van der Waals surface area contributed by atoms with Crippen molar-refractivity contribution in [1.82, 2.24) is 0 Å². The van der Waals surface area contributed by atoms with E-state index in [0.717, 1.165) is 6.07 Å². The van der Waals surface area contributed by atoms with E-state index in [0.29, 0.717) is 0 Å². The van der Waals surface area contributed by atoms with Crippen LogP contribution in [0.15, 0.2) is 10.5 Å². The molecule has 1 N–H and O–H groups in total. The molecule has 0 aliphatic heterocycles. The molecule has 14 heavy (non-hydrogen) atoms. The van der Waals surface area contributed by atoms with Crippen LogP contribution in [-0.2, 0) is 0 Å². The number of halogens is 2. The second-order valence-electron chi connectivity index (χ2n) is 2.65. The predicted molar refractivity (Wildman–Crippen MR) is 52.3 cm³/mol. The van der Waals surface area contributed by atoms with E-state index in [1.807, 2.05) is 0 Å². The Morgan fingerprint density at radius 1 is 1.64 bits per heavy atom. The van der Waals surface area contributed by atoms with Crippen LogP contribution in [0.4, 0.5) is 4.39 Å². The minimum atomic E-state index is -0.775. The van der Waals surface area contributed by atoms with Gasteiger partial charge in [-0.1, -0.05) is 0 Å². The Labute approximate surface area is 88.6 Å². The van der Waals surface area contributed by atoms with Gasteiger partial charge in [-0.05, 0) is 28.9 Å². The molecular weight excluding hydrogens is 255 g/mol. The molecule has 0 spiro atoms. The van der Waals surface area contributed by atoms with E-state index >= 15 is 0 Å². The van der Waals surface area contributed by atoms with E-state index in [9.17, 15) is 14.3 Å². The van der Waals surface area contributed by atoms with Crippen LogP contribution < -0.4 is 4.74 Å². The van der Waals surface area contributed by atoms with E-state index in [4.69, 9.17) is 4.74 Å². The number of benzene rings is 1. The number of Topliss-reactive ketones (excluding diaryl/α,β-unsaturated/α-hetero) is 1. The number of ketones is 1. The van der Waals surface area contributed by atoms with Gasteiger partial charge in [0.15, 0.2) is 17.3 Å². The Morgan fingerprint density at radius 2 is 2.21 bits per heavy atom. The van der Waals surface area contributed by atoms with Crippen molar-refractivity contribution in [3.05, 3.63) is 21.9 Å². The van der Waals surface area contributed by atoms with E-state index in [2.05, 4.69) is 15.9 Å². The Morgan fingerprint density at radius 3 is 2.64 bits per heavy atom. The van der Waals surface area contributed by atoms with Crippen molar-refractivity contribution in [1.29, 1.82) is 0 Å². The summed E-state index contributed by atoms with van der Waals surface area (Å²) in [6, 6.07) is 1.08. The molecule has 0 unspecified atom stereocenters. The first-order valence-electron chi connectivity index (χ1n) is 3.75. The largest absolute Gasteiger partial charge is 0.504 e. The van der Waals surface area contributed by atoms with Crippen LogP contribution in [0.1, 0.15) is 17.3 Å². The second-order valence-corrected chi connectivity index (χ2v) is 3.51. The smallest absolute Gasteiger partial charge is 0.175 e. The number of ether oxygens (including phenoxy) is 1. The number of carbonyl (C=O) groups is 1. The van der Waals surface area contributed by atoms with Crippen molar-refractivity contribution in [3.8, 4) is 11.5 Å². The molecule has 1 aromatic rings. The number of rotatable bonds is 2. The minimum Gasteiger partial charge on any atom is -0.504 e. The number of carbonyl (C=O) groups excluding carboxylic acids is 1. The van der Waals surface area contributed by atoms with Gasteiger partial charge in [0.2, 0.25) is 0 Å². The van der Waals surface area contributed by atoms with E-state index in [1.54, 1.807) is 0 Å². The number of hydrogen-bond acceptors (Lipinski definition) is 3. The molecule has 0 aromatic heterocycles. The molecule has 0 radical (unpaired) electrons. The molecule has 0 aliphatic rings. The average Bonchev–Trinajstić information content (AvgIpc) is 2.02. The van der Waals surface area contributed by atoms with Gasteiger partial charge in [0.25, 0.3) is 0 Å². The van der Waals surface area contributed by atoms with Crippen molar-refractivity contribution < 1.29 is 19.0 Å². The van der Waals surface area contributed by atoms with Gasteiger partial charge in [-0.25, -0.2) is 4.39 Å². The first-order valence-corrected chi connectivity index (χ1v) is 4.54. The van der Waals surface area contributed by atoms with Crippen molar-refractivity contribution in [2.45, 2.75) is 6.92 Å². The molecule has 3 nitrogen and oxygen atoms in total. The summed E-state index contributed by atoms with van der Waals surface area (Å²) in [5.41, 5.74) is -0.356. The highest BCUT2D eigenvalue weighted by molar-refractivity contribution is 9.10. The third kappa shape index (κ3) is 1.72. The lowest BCUT2D eigenvalue weighted by Crippen LogP contribution is -2.00. The normalized spacial score (nSPS) is 10.0. The molecule has 5 heteroatoms. The summed E-state index contributed by atoms with van der Waals surface area (Å²) in [6.45, 7) is 1.17. The summed E-state index contributed by atoms with van der Waals surface area (Å²) in [6.07, 6.45) is 0. The summed E-state index contributed by atoms with van der Waals surface area (Å²) in [5, 5.41) is 9.51. The highest BCUT2D eigenvalue weighted by Crippen LogP contribution is 2.38. The Hall–Kier alpha value is -1.10. The maximum absolute atomic E-state index is 13.2. The molecular formula is C9H8BrFO3. The maximum atomic E-state index is 13.2. The van der Waals surface area contributed by atoms with Gasteiger partial charge < -0.3 is 9.84 Å². The highest BCUT2D eigenvalue weighted by Gasteiger charge is 2.20. The maximum Gasteiger partial charge on any atom is 0.175 e. The van der Waals surface area contributed by atoms with Crippen LogP contribution >= 0.6 is 15.9 Å². The van der Waals surface area contributed by atoms with E-state index in [1.165, 1.54) is 14.0 Å². The third-order valence-corrected chi connectivity index (χ3v) is 2.31. The summed E-state index contributed by atoms with van der Waals surface area (Å²) in [4.78, 5) is 11.0. The van der Waals surface area contributed by atoms with Crippen LogP contribution in [-0.4, -0.2) is 18.0 Å². The summed E-state index contributed by atoms with van der Waals surface area (Å²) in [7, 11) is 1.32. The molecule has 0 saturated carbocycles. The summed E-state index contributed by atoms with van der Waals surface area (Å²) >= 11 is 3.01. The molecule has 1 rings (SSSR count). The monoisotopic (exact) mass is 262 g/mol. The van der Waals surface area contributed by atoms with E-state index in [-0.39, 0.29) is 15.8 Å². The molecule has 0 saturated heterocycles. The molecule has 0 amide bonds. The average molecular weight is 263 g/mol. The van der Waals surface area contributed by atoms with Crippen LogP contribution in [0.3, 0.4) is 0 Å². The topological polar surface area (TPSA) is 46.5 Å². The zero-order valence-electron chi connectivity index (χ0n) is 7.60. The quantitative estimate of drug-likeness (QED) is 0.834. The number of aromatic hydroxyl groups is 1. The molecule has 0 heterocycles. The summed E-state index contributed by atoms with van der Waals surface area (Å²) in [5.74, 6) is -1.75. The van der Waals surface area contributed by atoms with Gasteiger partial charge >= 0.3 is 0 Å². The van der Waals surface area contributed by atoms with Crippen molar-refractivity contribution in [3.63, 3.8) is 0 Å². The first kappa shape index (κ1) is 11.0. The molecule has 1 aromatic carbocycles. The predicted octanol–water partition coefficient (Wildman–Crippen LogP) is 2.51. The SMILES string of the molecule is COc1c(Br)cc(F)c(C(C)=O)c1O. The highest BCUT2D eigenvalue weighted by atomic mass is 79.9. The number of methoxy groups -OCH3 is 1.